The zero-order valence-electron chi connectivity index (χ0n) is 11.0. The van der Waals surface area contributed by atoms with Crippen LogP contribution in [0, 0.1) is 13.8 Å². The number of hydrogen-bond acceptors (Lipinski definition) is 3. The van der Waals surface area contributed by atoms with E-state index in [1.165, 1.54) is 9.75 Å². The first-order chi connectivity index (χ1) is 8.61. The summed E-state index contributed by atoms with van der Waals surface area (Å²) in [6, 6.07) is 4.31. The Morgan fingerprint density at radius 3 is 2.72 bits per heavy atom. The minimum absolute atomic E-state index is 0.754. The molecule has 2 aromatic rings. The molecule has 2 heterocycles. The van der Waals surface area contributed by atoms with Crippen LogP contribution in [0.25, 0.3) is 0 Å². The summed E-state index contributed by atoms with van der Waals surface area (Å²) in [5.41, 5.74) is 1.98. The van der Waals surface area contributed by atoms with Gasteiger partial charge in [0.15, 0.2) is 0 Å². The van der Waals surface area contributed by atoms with Crippen molar-refractivity contribution < 1.29 is 0 Å². The number of hydrogen-bond donors (Lipinski definition) is 1. The monoisotopic (exact) mass is 283 g/mol. The van der Waals surface area contributed by atoms with Crippen molar-refractivity contribution in [1.29, 1.82) is 0 Å². The molecule has 2 aromatic heterocycles. The van der Waals surface area contributed by atoms with Crippen LogP contribution >= 0.6 is 22.9 Å². The minimum atomic E-state index is 0.754. The van der Waals surface area contributed by atoms with E-state index in [4.69, 9.17) is 11.6 Å². The van der Waals surface area contributed by atoms with Crippen molar-refractivity contribution >= 4 is 22.9 Å². The van der Waals surface area contributed by atoms with E-state index < -0.39 is 0 Å². The molecule has 0 aromatic carbocycles. The maximum Gasteiger partial charge on any atom is 0.0860 e. The third kappa shape index (κ3) is 2.94. The van der Waals surface area contributed by atoms with Crippen LogP contribution in [-0.2, 0) is 19.6 Å². The van der Waals surface area contributed by atoms with Gasteiger partial charge in [-0.05, 0) is 32.9 Å². The van der Waals surface area contributed by atoms with Crippen molar-refractivity contribution in [2.24, 2.45) is 0 Å². The van der Waals surface area contributed by atoms with Gasteiger partial charge in [0.25, 0.3) is 0 Å². The summed E-state index contributed by atoms with van der Waals surface area (Å²) in [5.74, 6) is 0. The van der Waals surface area contributed by atoms with Crippen LogP contribution in [0.5, 0.6) is 0 Å². The van der Waals surface area contributed by atoms with Crippen LogP contribution in [-0.4, -0.2) is 9.78 Å². The highest BCUT2D eigenvalue weighted by Gasteiger charge is 2.11. The smallest absolute Gasteiger partial charge is 0.0860 e. The average molecular weight is 284 g/mol. The molecule has 0 unspecified atom stereocenters. The Morgan fingerprint density at radius 2 is 2.11 bits per heavy atom. The van der Waals surface area contributed by atoms with Gasteiger partial charge < -0.3 is 5.32 Å². The van der Waals surface area contributed by atoms with E-state index in [-0.39, 0.29) is 0 Å². The predicted molar refractivity (Wildman–Crippen MR) is 77.2 cm³/mol. The van der Waals surface area contributed by atoms with E-state index in [2.05, 4.69) is 36.4 Å². The van der Waals surface area contributed by atoms with E-state index >= 15 is 0 Å². The van der Waals surface area contributed by atoms with Crippen molar-refractivity contribution in [1.82, 2.24) is 15.1 Å². The molecule has 0 bridgehead atoms. The van der Waals surface area contributed by atoms with Crippen molar-refractivity contribution in [2.45, 2.75) is 40.4 Å². The Kier molecular flexibility index (Phi) is 4.43. The molecule has 0 spiro atoms. The Morgan fingerprint density at radius 1 is 1.33 bits per heavy atom. The van der Waals surface area contributed by atoms with Crippen LogP contribution in [0.15, 0.2) is 12.1 Å². The molecule has 0 amide bonds. The second-order valence-corrected chi connectivity index (χ2v) is 6.03. The summed E-state index contributed by atoms with van der Waals surface area (Å²) < 4.78 is 1.96. The van der Waals surface area contributed by atoms with Gasteiger partial charge in [0.1, 0.15) is 0 Å². The molecule has 0 aliphatic carbocycles. The van der Waals surface area contributed by atoms with Gasteiger partial charge >= 0.3 is 0 Å². The molecular formula is C13H18ClN3S. The Bertz CT molecular complexity index is 530. The highest BCUT2D eigenvalue weighted by Crippen LogP contribution is 2.20. The lowest BCUT2D eigenvalue weighted by molar-refractivity contribution is 0.581. The third-order valence-electron chi connectivity index (χ3n) is 2.84. The van der Waals surface area contributed by atoms with Gasteiger partial charge in [-0.3, -0.25) is 4.68 Å². The first-order valence-corrected chi connectivity index (χ1v) is 7.29. The fourth-order valence-electron chi connectivity index (χ4n) is 1.92. The van der Waals surface area contributed by atoms with Gasteiger partial charge in [-0.25, -0.2) is 0 Å². The number of halogens is 1. The van der Waals surface area contributed by atoms with Gasteiger partial charge in [0.05, 0.1) is 16.4 Å². The topological polar surface area (TPSA) is 29.9 Å². The first kappa shape index (κ1) is 13.6. The Labute approximate surface area is 117 Å². The van der Waals surface area contributed by atoms with Crippen LogP contribution in [0.3, 0.4) is 0 Å². The first-order valence-electron chi connectivity index (χ1n) is 6.09. The van der Waals surface area contributed by atoms with E-state index in [0.717, 1.165) is 36.0 Å². The van der Waals surface area contributed by atoms with Gasteiger partial charge in [0.2, 0.25) is 0 Å². The van der Waals surface area contributed by atoms with E-state index in [1.807, 2.05) is 22.9 Å². The fourth-order valence-corrected chi connectivity index (χ4v) is 2.98. The number of nitrogens with one attached hydrogen (secondary N) is 1. The minimum Gasteiger partial charge on any atom is -0.306 e. The van der Waals surface area contributed by atoms with Crippen molar-refractivity contribution in [2.75, 3.05) is 0 Å². The molecule has 18 heavy (non-hydrogen) atoms. The molecular weight excluding hydrogens is 266 g/mol. The van der Waals surface area contributed by atoms with Gasteiger partial charge in [0, 0.05) is 29.4 Å². The van der Waals surface area contributed by atoms with Crippen molar-refractivity contribution in [3.63, 3.8) is 0 Å². The molecule has 0 atom stereocenters. The zero-order valence-corrected chi connectivity index (χ0v) is 12.5. The van der Waals surface area contributed by atoms with E-state index in [1.54, 1.807) is 0 Å². The standard InChI is InChI=1S/C13H18ClN3S/c1-4-17-12(13(14)10(3)16-17)8-15-7-11-6-5-9(2)18-11/h5-6,15H,4,7-8H2,1-3H3. The molecule has 0 saturated carbocycles. The molecule has 98 valence electrons. The quantitative estimate of drug-likeness (QED) is 0.910. The summed E-state index contributed by atoms with van der Waals surface area (Å²) in [6.07, 6.45) is 0. The lowest BCUT2D eigenvalue weighted by Crippen LogP contribution is -2.15. The number of aromatic nitrogens is 2. The van der Waals surface area contributed by atoms with Crippen LogP contribution < -0.4 is 5.32 Å². The fraction of sp³-hybridized carbons (Fsp3) is 0.462. The second kappa shape index (κ2) is 5.87. The second-order valence-electron chi connectivity index (χ2n) is 4.28. The van der Waals surface area contributed by atoms with E-state index in [9.17, 15) is 0 Å². The lowest BCUT2D eigenvalue weighted by atomic mass is 10.3. The molecule has 0 fully saturated rings. The predicted octanol–water partition coefficient (Wildman–Crippen LogP) is 3.52. The van der Waals surface area contributed by atoms with Crippen LogP contribution in [0.2, 0.25) is 5.02 Å². The van der Waals surface area contributed by atoms with Gasteiger partial charge in [-0.2, -0.15) is 5.10 Å². The highest BCUT2D eigenvalue weighted by atomic mass is 35.5. The lowest BCUT2D eigenvalue weighted by Gasteiger charge is -2.06. The Balaban J connectivity index is 1.98. The third-order valence-corrected chi connectivity index (χ3v) is 4.33. The van der Waals surface area contributed by atoms with Gasteiger partial charge in [-0.15, -0.1) is 11.3 Å². The number of nitrogens with zero attached hydrogens (tertiary/aromatic N) is 2. The van der Waals surface area contributed by atoms with Crippen LogP contribution in [0.1, 0.15) is 28.1 Å². The summed E-state index contributed by atoms with van der Waals surface area (Å²) in [5, 5.41) is 8.62. The normalized spacial score (nSPS) is 11.1. The van der Waals surface area contributed by atoms with Gasteiger partial charge in [-0.1, -0.05) is 11.6 Å². The number of rotatable bonds is 5. The average Bonchev–Trinajstić information content (AvgIpc) is 2.87. The molecule has 0 aliphatic rings. The largest absolute Gasteiger partial charge is 0.306 e. The van der Waals surface area contributed by atoms with Crippen LogP contribution in [0.4, 0.5) is 0 Å². The molecule has 0 saturated heterocycles. The molecule has 2 rings (SSSR count). The summed E-state index contributed by atoms with van der Waals surface area (Å²) in [4.78, 5) is 2.70. The van der Waals surface area contributed by atoms with Crippen molar-refractivity contribution in [3.05, 3.63) is 38.3 Å². The molecule has 3 nitrogen and oxygen atoms in total. The molecule has 0 aliphatic heterocycles. The molecule has 0 radical (unpaired) electrons. The number of thiophene rings is 1. The van der Waals surface area contributed by atoms with E-state index in [0.29, 0.717) is 0 Å². The summed E-state index contributed by atoms with van der Waals surface area (Å²) in [7, 11) is 0. The zero-order chi connectivity index (χ0) is 13.1. The molecule has 5 heteroatoms. The Hall–Kier alpha value is -0.840. The maximum atomic E-state index is 6.26. The molecule has 1 N–H and O–H groups in total. The number of aryl methyl sites for hydroxylation is 3. The summed E-state index contributed by atoms with van der Waals surface area (Å²) >= 11 is 8.08. The van der Waals surface area contributed by atoms with Crippen molar-refractivity contribution in [3.8, 4) is 0 Å². The summed E-state index contributed by atoms with van der Waals surface area (Å²) in [6.45, 7) is 8.63. The SMILES string of the molecule is CCn1nc(C)c(Cl)c1CNCc1ccc(C)s1. The highest BCUT2D eigenvalue weighted by molar-refractivity contribution is 7.11. The maximum absolute atomic E-state index is 6.26.